The summed E-state index contributed by atoms with van der Waals surface area (Å²) in [5.74, 6) is 0.722. The monoisotopic (exact) mass is 226 g/mol. The molecule has 0 aromatic heterocycles. The van der Waals surface area contributed by atoms with Gasteiger partial charge < -0.3 is 10.6 Å². The molecule has 1 rings (SSSR count). The first kappa shape index (κ1) is 14.0. The summed E-state index contributed by atoms with van der Waals surface area (Å²) < 4.78 is 0. The van der Waals surface area contributed by atoms with E-state index in [-0.39, 0.29) is 0 Å². The molecule has 0 aromatic rings. The zero-order valence-corrected chi connectivity index (χ0v) is 11.8. The Morgan fingerprint density at radius 3 is 2.50 bits per heavy atom. The fourth-order valence-electron chi connectivity index (χ4n) is 2.14. The van der Waals surface area contributed by atoms with E-state index in [1.165, 1.54) is 25.8 Å². The second-order valence-corrected chi connectivity index (χ2v) is 6.84. The SMILES string of the molecule is CC(CNCC1(C)CCCCN1)C(C)(C)C. The predicted octanol–water partition coefficient (Wildman–Crippen LogP) is 2.79. The molecule has 0 amide bonds. The van der Waals surface area contributed by atoms with E-state index in [1.54, 1.807) is 0 Å². The van der Waals surface area contributed by atoms with Crippen LogP contribution >= 0.6 is 0 Å². The van der Waals surface area contributed by atoms with Gasteiger partial charge in [-0.3, -0.25) is 0 Å². The number of hydrogen-bond acceptors (Lipinski definition) is 2. The lowest BCUT2D eigenvalue weighted by Gasteiger charge is -2.36. The molecule has 0 bridgehead atoms. The Morgan fingerprint density at radius 1 is 1.31 bits per heavy atom. The first-order chi connectivity index (χ1) is 7.33. The fourth-order valence-corrected chi connectivity index (χ4v) is 2.14. The van der Waals surface area contributed by atoms with Crippen LogP contribution in [-0.4, -0.2) is 25.2 Å². The molecule has 1 aliphatic rings. The lowest BCUT2D eigenvalue weighted by Crippen LogP contribution is -2.53. The third-order valence-electron chi connectivity index (χ3n) is 4.15. The summed E-state index contributed by atoms with van der Waals surface area (Å²) in [5.41, 5.74) is 0.740. The van der Waals surface area contributed by atoms with E-state index in [2.05, 4.69) is 45.3 Å². The van der Waals surface area contributed by atoms with Gasteiger partial charge in [-0.05, 0) is 44.2 Å². The highest BCUT2D eigenvalue weighted by atomic mass is 15.0. The van der Waals surface area contributed by atoms with Gasteiger partial charge in [-0.1, -0.05) is 34.1 Å². The minimum Gasteiger partial charge on any atom is -0.315 e. The van der Waals surface area contributed by atoms with Crippen molar-refractivity contribution in [3.8, 4) is 0 Å². The smallest absolute Gasteiger partial charge is 0.0277 e. The van der Waals surface area contributed by atoms with Crippen LogP contribution in [-0.2, 0) is 0 Å². The van der Waals surface area contributed by atoms with E-state index in [0.29, 0.717) is 11.0 Å². The second-order valence-electron chi connectivity index (χ2n) is 6.84. The lowest BCUT2D eigenvalue weighted by molar-refractivity contribution is 0.226. The van der Waals surface area contributed by atoms with Crippen molar-refractivity contribution in [2.75, 3.05) is 19.6 Å². The van der Waals surface area contributed by atoms with E-state index in [0.717, 1.165) is 19.0 Å². The van der Waals surface area contributed by atoms with Crippen LogP contribution in [0.5, 0.6) is 0 Å². The molecule has 1 heterocycles. The van der Waals surface area contributed by atoms with Gasteiger partial charge in [0.1, 0.15) is 0 Å². The molecule has 1 fully saturated rings. The Kier molecular flexibility index (Phi) is 4.81. The first-order valence-corrected chi connectivity index (χ1v) is 6.79. The number of piperidine rings is 1. The minimum atomic E-state index is 0.329. The van der Waals surface area contributed by atoms with Crippen molar-refractivity contribution < 1.29 is 0 Å². The molecule has 0 radical (unpaired) electrons. The van der Waals surface area contributed by atoms with Gasteiger partial charge in [0.15, 0.2) is 0 Å². The van der Waals surface area contributed by atoms with E-state index < -0.39 is 0 Å². The predicted molar refractivity (Wildman–Crippen MR) is 71.7 cm³/mol. The van der Waals surface area contributed by atoms with Gasteiger partial charge in [0, 0.05) is 12.1 Å². The standard InChI is InChI=1S/C14H30N2/c1-12(13(2,3)4)10-15-11-14(5)8-6-7-9-16-14/h12,15-16H,6-11H2,1-5H3. The zero-order valence-electron chi connectivity index (χ0n) is 11.8. The molecule has 2 heteroatoms. The third kappa shape index (κ3) is 4.42. The molecule has 2 nitrogen and oxygen atoms in total. The number of nitrogens with one attached hydrogen (secondary N) is 2. The van der Waals surface area contributed by atoms with Crippen molar-refractivity contribution in [1.29, 1.82) is 0 Å². The summed E-state index contributed by atoms with van der Waals surface area (Å²) in [6, 6.07) is 0. The Labute approximate surface area is 102 Å². The van der Waals surface area contributed by atoms with Gasteiger partial charge in [-0.15, -0.1) is 0 Å². The van der Waals surface area contributed by atoms with Gasteiger partial charge >= 0.3 is 0 Å². The Balaban J connectivity index is 2.24. The molecule has 0 aliphatic carbocycles. The molecule has 16 heavy (non-hydrogen) atoms. The molecule has 2 N–H and O–H groups in total. The maximum absolute atomic E-state index is 3.65. The highest BCUT2D eigenvalue weighted by Crippen LogP contribution is 2.24. The molecular formula is C14H30N2. The quantitative estimate of drug-likeness (QED) is 0.770. The Hall–Kier alpha value is -0.0800. The van der Waals surface area contributed by atoms with Crippen LogP contribution in [0.15, 0.2) is 0 Å². The van der Waals surface area contributed by atoms with Crippen LogP contribution in [0, 0.1) is 11.3 Å². The average Bonchev–Trinajstić information content (AvgIpc) is 2.17. The zero-order chi connectivity index (χ0) is 12.2. The van der Waals surface area contributed by atoms with Crippen molar-refractivity contribution in [3.05, 3.63) is 0 Å². The number of hydrogen-bond donors (Lipinski definition) is 2. The minimum absolute atomic E-state index is 0.329. The second kappa shape index (κ2) is 5.50. The highest BCUT2D eigenvalue weighted by Gasteiger charge is 2.26. The Bertz CT molecular complexity index is 199. The van der Waals surface area contributed by atoms with Crippen molar-refractivity contribution in [3.63, 3.8) is 0 Å². The molecule has 96 valence electrons. The summed E-state index contributed by atoms with van der Waals surface area (Å²) >= 11 is 0. The summed E-state index contributed by atoms with van der Waals surface area (Å²) in [6.07, 6.45) is 4.03. The van der Waals surface area contributed by atoms with Crippen LogP contribution in [0.1, 0.15) is 53.9 Å². The van der Waals surface area contributed by atoms with Crippen LogP contribution in [0.25, 0.3) is 0 Å². The molecule has 2 atom stereocenters. The maximum atomic E-state index is 3.65. The Morgan fingerprint density at radius 2 is 2.00 bits per heavy atom. The summed E-state index contributed by atoms with van der Waals surface area (Å²) in [6.45, 7) is 15.1. The third-order valence-corrected chi connectivity index (χ3v) is 4.15. The molecular weight excluding hydrogens is 196 g/mol. The summed E-state index contributed by atoms with van der Waals surface area (Å²) in [7, 11) is 0. The van der Waals surface area contributed by atoms with Crippen molar-refractivity contribution in [1.82, 2.24) is 10.6 Å². The van der Waals surface area contributed by atoms with Gasteiger partial charge in [0.2, 0.25) is 0 Å². The van der Waals surface area contributed by atoms with E-state index in [4.69, 9.17) is 0 Å². The average molecular weight is 226 g/mol. The van der Waals surface area contributed by atoms with E-state index in [1.807, 2.05) is 0 Å². The lowest BCUT2D eigenvalue weighted by atomic mass is 9.82. The van der Waals surface area contributed by atoms with E-state index >= 15 is 0 Å². The number of rotatable bonds is 4. The van der Waals surface area contributed by atoms with Gasteiger partial charge in [0.25, 0.3) is 0 Å². The fraction of sp³-hybridized carbons (Fsp3) is 1.00. The van der Waals surface area contributed by atoms with Crippen molar-refractivity contribution in [2.45, 2.75) is 59.4 Å². The largest absolute Gasteiger partial charge is 0.315 e. The van der Waals surface area contributed by atoms with Crippen LogP contribution in [0.3, 0.4) is 0 Å². The summed E-state index contributed by atoms with van der Waals surface area (Å²) in [5, 5.41) is 7.28. The van der Waals surface area contributed by atoms with E-state index in [9.17, 15) is 0 Å². The molecule has 2 unspecified atom stereocenters. The molecule has 1 saturated heterocycles. The van der Waals surface area contributed by atoms with Crippen LogP contribution < -0.4 is 10.6 Å². The molecule has 0 spiro atoms. The van der Waals surface area contributed by atoms with Gasteiger partial charge in [-0.25, -0.2) is 0 Å². The van der Waals surface area contributed by atoms with Crippen LogP contribution in [0.2, 0.25) is 0 Å². The molecule has 0 aromatic carbocycles. The van der Waals surface area contributed by atoms with Gasteiger partial charge in [0.05, 0.1) is 0 Å². The topological polar surface area (TPSA) is 24.1 Å². The first-order valence-electron chi connectivity index (χ1n) is 6.79. The van der Waals surface area contributed by atoms with Crippen LogP contribution in [0.4, 0.5) is 0 Å². The normalized spacial score (nSPS) is 29.1. The van der Waals surface area contributed by atoms with Crippen molar-refractivity contribution in [2.24, 2.45) is 11.3 Å². The van der Waals surface area contributed by atoms with Gasteiger partial charge in [-0.2, -0.15) is 0 Å². The maximum Gasteiger partial charge on any atom is 0.0277 e. The highest BCUT2D eigenvalue weighted by molar-refractivity contribution is 4.88. The molecule has 1 aliphatic heterocycles. The van der Waals surface area contributed by atoms with Crippen molar-refractivity contribution >= 4 is 0 Å². The molecule has 0 saturated carbocycles. The summed E-state index contributed by atoms with van der Waals surface area (Å²) in [4.78, 5) is 0.